The molecular formula is C26H38N6O6. The van der Waals surface area contributed by atoms with Gasteiger partial charge < -0.3 is 37.5 Å². The number of aliphatic carboxylic acids is 1. The normalized spacial score (nSPS) is 14.5. The first-order chi connectivity index (χ1) is 17.8. The summed E-state index contributed by atoms with van der Waals surface area (Å²) in [6.07, 6.45) is 1.73. The van der Waals surface area contributed by atoms with Gasteiger partial charge in [-0.1, -0.05) is 45.9 Å². The van der Waals surface area contributed by atoms with Crippen molar-refractivity contribution in [2.45, 2.75) is 71.1 Å². The van der Waals surface area contributed by atoms with Gasteiger partial charge in [-0.15, -0.1) is 0 Å². The zero-order valence-electron chi connectivity index (χ0n) is 22.1. The number of rotatable bonds is 14. The van der Waals surface area contributed by atoms with Crippen molar-refractivity contribution < 1.29 is 29.1 Å². The van der Waals surface area contributed by atoms with Crippen LogP contribution in [-0.4, -0.2) is 63.9 Å². The van der Waals surface area contributed by atoms with Gasteiger partial charge >= 0.3 is 5.97 Å². The Hall–Kier alpha value is -3.93. The number of carbonyl (C=O) groups is 5. The van der Waals surface area contributed by atoms with Crippen molar-refractivity contribution in [3.63, 3.8) is 0 Å². The number of nitrogens with two attached hydrogens (primary N) is 2. The van der Waals surface area contributed by atoms with E-state index in [-0.39, 0.29) is 18.8 Å². The summed E-state index contributed by atoms with van der Waals surface area (Å²) in [4.78, 5) is 64.7. The van der Waals surface area contributed by atoms with E-state index in [1.54, 1.807) is 20.0 Å². The molecule has 0 fully saturated rings. The number of hydrogen-bond donors (Lipinski definition) is 7. The van der Waals surface area contributed by atoms with Crippen LogP contribution in [0.25, 0.3) is 10.9 Å². The number of carboxylic acids is 1. The summed E-state index contributed by atoms with van der Waals surface area (Å²) in [7, 11) is 0. The summed E-state index contributed by atoms with van der Waals surface area (Å²) < 4.78 is 0. The molecule has 2 rings (SSSR count). The second kappa shape index (κ2) is 13.6. The molecule has 1 aromatic carbocycles. The molecule has 0 saturated heterocycles. The first kappa shape index (κ1) is 30.3. The fourth-order valence-electron chi connectivity index (χ4n) is 4.06. The molecule has 0 aliphatic carbocycles. The second-order valence-electron chi connectivity index (χ2n) is 10.2. The summed E-state index contributed by atoms with van der Waals surface area (Å²) in [5.74, 6) is -4.65. The Bertz CT molecular complexity index is 1160. The molecule has 208 valence electrons. The lowest BCUT2D eigenvalue weighted by molar-refractivity contribution is -0.144. The summed E-state index contributed by atoms with van der Waals surface area (Å²) >= 11 is 0. The van der Waals surface area contributed by atoms with Crippen LogP contribution in [0.1, 0.15) is 46.1 Å². The number of amides is 4. The number of hydrogen-bond acceptors (Lipinski definition) is 6. The molecule has 38 heavy (non-hydrogen) atoms. The van der Waals surface area contributed by atoms with Crippen LogP contribution in [0.2, 0.25) is 0 Å². The van der Waals surface area contributed by atoms with Crippen LogP contribution in [0.15, 0.2) is 30.5 Å². The molecular weight excluding hydrogens is 492 g/mol. The summed E-state index contributed by atoms with van der Waals surface area (Å²) in [6, 6.07) is 3.07. The van der Waals surface area contributed by atoms with E-state index >= 15 is 0 Å². The third kappa shape index (κ3) is 8.58. The van der Waals surface area contributed by atoms with Crippen molar-refractivity contribution in [2.24, 2.45) is 23.3 Å². The van der Waals surface area contributed by atoms with Gasteiger partial charge in [-0.25, -0.2) is 4.79 Å². The molecule has 0 aliphatic heterocycles. The number of carboxylic acid groups (broad SMARTS) is 1. The molecule has 0 saturated carbocycles. The smallest absolute Gasteiger partial charge is 0.326 e. The highest BCUT2D eigenvalue weighted by atomic mass is 16.4. The third-order valence-electron chi connectivity index (χ3n) is 6.06. The van der Waals surface area contributed by atoms with Crippen LogP contribution in [0.3, 0.4) is 0 Å². The Morgan fingerprint density at radius 1 is 0.921 bits per heavy atom. The third-order valence-corrected chi connectivity index (χ3v) is 6.06. The molecule has 0 aliphatic rings. The van der Waals surface area contributed by atoms with Gasteiger partial charge in [-0.05, 0) is 36.3 Å². The van der Waals surface area contributed by atoms with Gasteiger partial charge in [-0.3, -0.25) is 19.2 Å². The molecule has 4 atom stereocenters. The van der Waals surface area contributed by atoms with Gasteiger partial charge in [0.15, 0.2) is 0 Å². The zero-order valence-corrected chi connectivity index (χ0v) is 22.1. The van der Waals surface area contributed by atoms with E-state index in [9.17, 15) is 29.1 Å². The van der Waals surface area contributed by atoms with Crippen molar-refractivity contribution in [1.82, 2.24) is 20.9 Å². The largest absolute Gasteiger partial charge is 0.480 e. The van der Waals surface area contributed by atoms with Crippen molar-refractivity contribution >= 4 is 40.5 Å². The Balaban J connectivity index is 2.11. The lowest BCUT2D eigenvalue weighted by Gasteiger charge is -2.27. The number of nitrogens with one attached hydrogen (secondary N) is 4. The fourth-order valence-corrected chi connectivity index (χ4v) is 4.06. The second-order valence-corrected chi connectivity index (χ2v) is 10.2. The number of primary amides is 1. The summed E-state index contributed by atoms with van der Waals surface area (Å²) in [5.41, 5.74) is 13.1. The molecule has 0 spiro atoms. The molecule has 12 nitrogen and oxygen atoms in total. The molecule has 0 bridgehead atoms. The van der Waals surface area contributed by atoms with E-state index in [1.165, 1.54) is 0 Å². The maximum atomic E-state index is 13.2. The number of aromatic nitrogens is 1. The van der Waals surface area contributed by atoms with Crippen LogP contribution >= 0.6 is 0 Å². The number of para-hydroxylation sites is 1. The number of carbonyl (C=O) groups excluding carboxylic acids is 4. The number of aromatic amines is 1. The van der Waals surface area contributed by atoms with Crippen molar-refractivity contribution in [3.05, 3.63) is 36.0 Å². The Morgan fingerprint density at radius 3 is 2.13 bits per heavy atom. The minimum atomic E-state index is -1.54. The maximum absolute atomic E-state index is 13.2. The Kier molecular flexibility index (Phi) is 10.8. The Morgan fingerprint density at radius 2 is 1.55 bits per heavy atom. The number of benzene rings is 1. The topological polar surface area (TPSA) is 209 Å². The summed E-state index contributed by atoms with van der Waals surface area (Å²) in [6.45, 7) is 7.10. The van der Waals surface area contributed by atoms with Crippen LogP contribution in [-0.2, 0) is 30.4 Å². The lowest BCUT2D eigenvalue weighted by atomic mass is 9.98. The molecule has 1 heterocycles. The van der Waals surface area contributed by atoms with Crippen molar-refractivity contribution in [2.75, 3.05) is 0 Å². The van der Waals surface area contributed by atoms with Crippen molar-refractivity contribution in [3.8, 4) is 0 Å². The van der Waals surface area contributed by atoms with Gasteiger partial charge in [0.05, 0.1) is 12.5 Å². The highest BCUT2D eigenvalue weighted by Gasteiger charge is 2.32. The van der Waals surface area contributed by atoms with Gasteiger partial charge in [0.2, 0.25) is 23.6 Å². The predicted molar refractivity (Wildman–Crippen MR) is 142 cm³/mol. The number of H-pyrrole nitrogens is 1. The predicted octanol–water partition coefficient (Wildman–Crippen LogP) is 0.154. The average Bonchev–Trinajstić information content (AvgIpc) is 3.23. The standard InChI is InChI=1S/C26H38N6O6/c1-13(2)9-19(30-23(34)17(27)10-15-12-29-18-8-6-5-7-16(15)18)24(35)32-22(14(3)4)25(36)31-20(26(37)38)11-21(28)33/h5-8,12-14,17,19-20,22,29H,9-11,27H2,1-4H3,(H2,28,33)(H,30,34)(H,31,36)(H,32,35)(H,37,38). The SMILES string of the molecule is CC(C)CC(NC(=O)C(N)Cc1c[nH]c2ccccc12)C(=O)NC(C(=O)NC(CC(N)=O)C(=O)O)C(C)C. The monoisotopic (exact) mass is 530 g/mol. The minimum Gasteiger partial charge on any atom is -0.480 e. The minimum absolute atomic E-state index is 0.0224. The average molecular weight is 531 g/mol. The van der Waals surface area contributed by atoms with Crippen LogP contribution in [0.5, 0.6) is 0 Å². The van der Waals surface area contributed by atoms with E-state index in [2.05, 4.69) is 20.9 Å². The zero-order chi connectivity index (χ0) is 28.6. The summed E-state index contributed by atoms with van der Waals surface area (Å²) in [5, 5.41) is 17.8. The van der Waals surface area contributed by atoms with Gasteiger partial charge in [0, 0.05) is 17.1 Å². The maximum Gasteiger partial charge on any atom is 0.326 e. The van der Waals surface area contributed by atoms with E-state index in [4.69, 9.17) is 11.5 Å². The molecule has 1 aromatic heterocycles. The van der Waals surface area contributed by atoms with E-state index in [0.717, 1.165) is 16.5 Å². The first-order valence-corrected chi connectivity index (χ1v) is 12.5. The molecule has 2 aromatic rings. The van der Waals surface area contributed by atoms with Gasteiger partial charge in [0.25, 0.3) is 0 Å². The highest BCUT2D eigenvalue weighted by molar-refractivity contribution is 5.95. The van der Waals surface area contributed by atoms with Crippen LogP contribution < -0.4 is 27.4 Å². The van der Waals surface area contributed by atoms with E-state index in [0.29, 0.717) is 0 Å². The molecule has 4 unspecified atom stereocenters. The van der Waals surface area contributed by atoms with Crippen molar-refractivity contribution in [1.29, 1.82) is 0 Å². The molecule has 0 radical (unpaired) electrons. The molecule has 4 amide bonds. The van der Waals surface area contributed by atoms with Gasteiger partial charge in [-0.2, -0.15) is 0 Å². The van der Waals surface area contributed by atoms with E-state index < -0.39 is 66.1 Å². The molecule has 9 N–H and O–H groups in total. The lowest BCUT2D eigenvalue weighted by Crippen LogP contribution is -2.59. The van der Waals surface area contributed by atoms with Crippen LogP contribution in [0, 0.1) is 11.8 Å². The highest BCUT2D eigenvalue weighted by Crippen LogP contribution is 2.19. The van der Waals surface area contributed by atoms with Crippen LogP contribution in [0.4, 0.5) is 0 Å². The number of fused-ring (bicyclic) bond motifs is 1. The first-order valence-electron chi connectivity index (χ1n) is 12.5. The van der Waals surface area contributed by atoms with Gasteiger partial charge in [0.1, 0.15) is 18.1 Å². The fraction of sp³-hybridized carbons (Fsp3) is 0.500. The molecule has 12 heteroatoms. The quantitative estimate of drug-likeness (QED) is 0.180. The Labute approximate surface area is 221 Å². The van der Waals surface area contributed by atoms with E-state index in [1.807, 2.05) is 38.1 Å².